The molecule has 0 atom stereocenters. The van der Waals surface area contributed by atoms with Crippen LogP contribution in [0.1, 0.15) is 20.7 Å². The lowest BCUT2D eigenvalue weighted by Crippen LogP contribution is -1.98. The molecule has 0 unspecified atom stereocenters. The Balaban J connectivity index is 2.52. The number of hydrogen-bond donors (Lipinski definition) is 3. The van der Waals surface area contributed by atoms with Crippen molar-refractivity contribution in [1.29, 1.82) is 0 Å². The minimum atomic E-state index is -0.351. The Morgan fingerprint density at radius 2 is 1.30 bits per heavy atom. The van der Waals surface area contributed by atoms with Crippen LogP contribution in [0.4, 0.5) is 0 Å². The molecule has 0 aliphatic rings. The van der Waals surface area contributed by atoms with Crippen LogP contribution in [0.3, 0.4) is 0 Å². The van der Waals surface area contributed by atoms with Gasteiger partial charge in [0.2, 0.25) is 0 Å². The Kier molecular flexibility index (Phi) is 3.46. The lowest BCUT2D eigenvalue weighted by molar-refractivity contribution is 0.109. The zero-order chi connectivity index (χ0) is 16.6. The zero-order valence-electron chi connectivity index (χ0n) is 11.9. The Morgan fingerprint density at radius 3 is 1.91 bits per heavy atom. The van der Waals surface area contributed by atoms with Gasteiger partial charge in [-0.05, 0) is 41.3 Å². The summed E-state index contributed by atoms with van der Waals surface area (Å²) in [7, 11) is 0. The van der Waals surface area contributed by atoms with Crippen LogP contribution in [0.2, 0.25) is 0 Å². The van der Waals surface area contributed by atoms with Gasteiger partial charge in [-0.25, -0.2) is 0 Å². The molecule has 5 heteroatoms. The van der Waals surface area contributed by atoms with Gasteiger partial charge in [-0.3, -0.25) is 9.59 Å². The summed E-state index contributed by atoms with van der Waals surface area (Å²) < 4.78 is 0. The maximum Gasteiger partial charge on any atom is 0.154 e. The van der Waals surface area contributed by atoms with Crippen molar-refractivity contribution in [3.63, 3.8) is 0 Å². The molecule has 0 aliphatic heterocycles. The van der Waals surface area contributed by atoms with Crippen LogP contribution in [-0.2, 0) is 0 Å². The topological polar surface area (TPSA) is 94.8 Å². The van der Waals surface area contributed by atoms with Gasteiger partial charge in [-0.15, -0.1) is 0 Å². The van der Waals surface area contributed by atoms with Crippen molar-refractivity contribution >= 4 is 23.3 Å². The summed E-state index contributed by atoms with van der Waals surface area (Å²) in [5, 5.41) is 30.1. The van der Waals surface area contributed by atoms with E-state index in [1.807, 2.05) is 0 Å². The molecular weight excluding hydrogens is 296 g/mol. The summed E-state index contributed by atoms with van der Waals surface area (Å²) in [6.07, 6.45) is 0.921. The van der Waals surface area contributed by atoms with Gasteiger partial charge in [-0.1, -0.05) is 12.1 Å². The van der Waals surface area contributed by atoms with E-state index >= 15 is 0 Å². The van der Waals surface area contributed by atoms with E-state index in [1.165, 1.54) is 24.3 Å². The zero-order valence-corrected chi connectivity index (χ0v) is 11.9. The molecule has 23 heavy (non-hydrogen) atoms. The molecule has 0 fully saturated rings. The molecule has 0 saturated carbocycles. The maximum atomic E-state index is 11.5. The van der Waals surface area contributed by atoms with E-state index < -0.39 is 0 Å². The molecule has 0 aromatic heterocycles. The fourth-order valence-corrected chi connectivity index (χ4v) is 2.68. The van der Waals surface area contributed by atoms with Crippen LogP contribution in [0.25, 0.3) is 21.9 Å². The summed E-state index contributed by atoms with van der Waals surface area (Å²) in [6.45, 7) is 0. The number of phenolic OH excluding ortho intramolecular Hbond substituents is 3. The molecule has 0 bridgehead atoms. The van der Waals surface area contributed by atoms with Crippen molar-refractivity contribution in [2.45, 2.75) is 0 Å². The number of phenols is 3. The second-order valence-corrected chi connectivity index (χ2v) is 5.06. The summed E-state index contributed by atoms with van der Waals surface area (Å²) in [5.74, 6) is -0.353. The van der Waals surface area contributed by atoms with E-state index in [1.54, 1.807) is 18.2 Å². The number of carbonyl (C=O) groups is 2. The molecule has 3 rings (SSSR count). The Bertz CT molecular complexity index is 927. The van der Waals surface area contributed by atoms with Crippen LogP contribution in [0.5, 0.6) is 17.2 Å². The van der Waals surface area contributed by atoms with Crippen LogP contribution < -0.4 is 0 Å². The molecule has 3 N–H and O–H groups in total. The third kappa shape index (κ3) is 2.28. The quantitative estimate of drug-likeness (QED) is 0.646. The number of rotatable bonds is 3. The maximum absolute atomic E-state index is 11.5. The van der Waals surface area contributed by atoms with Gasteiger partial charge in [0.15, 0.2) is 12.6 Å². The predicted octanol–water partition coefficient (Wildman–Crippen LogP) is 3.25. The van der Waals surface area contributed by atoms with Gasteiger partial charge in [-0.2, -0.15) is 0 Å². The van der Waals surface area contributed by atoms with Gasteiger partial charge in [0.05, 0.1) is 5.56 Å². The van der Waals surface area contributed by atoms with E-state index in [0.717, 1.165) is 0 Å². The van der Waals surface area contributed by atoms with Gasteiger partial charge < -0.3 is 15.3 Å². The highest BCUT2D eigenvalue weighted by molar-refractivity contribution is 6.13. The van der Waals surface area contributed by atoms with E-state index in [0.29, 0.717) is 29.1 Å². The third-order valence-electron chi connectivity index (χ3n) is 3.73. The number of benzene rings is 3. The Labute approximate surface area is 131 Å². The van der Waals surface area contributed by atoms with Crippen molar-refractivity contribution in [2.75, 3.05) is 0 Å². The van der Waals surface area contributed by atoms with Crippen molar-refractivity contribution in [3.8, 4) is 28.4 Å². The molecule has 3 aromatic carbocycles. The fraction of sp³-hybridized carbons (Fsp3) is 0. The molecule has 0 radical (unpaired) electrons. The standard InChI is InChI=1S/C18H12O5/c19-8-15-16(9-20)18(23)14-7-12(22)5-6-13(14)17(15)10-1-3-11(21)4-2-10/h1-9,21-23H. The molecule has 114 valence electrons. The smallest absolute Gasteiger partial charge is 0.154 e. The molecule has 0 amide bonds. The van der Waals surface area contributed by atoms with Crippen molar-refractivity contribution in [3.05, 3.63) is 53.6 Å². The van der Waals surface area contributed by atoms with E-state index in [2.05, 4.69) is 0 Å². The normalized spacial score (nSPS) is 10.6. The highest BCUT2D eigenvalue weighted by Gasteiger charge is 2.20. The summed E-state index contributed by atoms with van der Waals surface area (Å²) in [4.78, 5) is 22.9. The molecule has 0 heterocycles. The molecule has 5 nitrogen and oxygen atoms in total. The monoisotopic (exact) mass is 308 g/mol. The van der Waals surface area contributed by atoms with Crippen LogP contribution in [-0.4, -0.2) is 27.9 Å². The summed E-state index contributed by atoms with van der Waals surface area (Å²) in [5.41, 5.74) is 0.973. The first-order chi connectivity index (χ1) is 11.1. The second-order valence-electron chi connectivity index (χ2n) is 5.06. The lowest BCUT2D eigenvalue weighted by atomic mass is 9.89. The third-order valence-corrected chi connectivity index (χ3v) is 3.73. The SMILES string of the molecule is O=Cc1c(C=O)c(-c2ccc(O)cc2)c2ccc(O)cc2c1O. The minimum Gasteiger partial charge on any atom is -0.508 e. The van der Waals surface area contributed by atoms with Gasteiger partial charge in [0, 0.05) is 16.5 Å². The fourth-order valence-electron chi connectivity index (χ4n) is 2.68. The van der Waals surface area contributed by atoms with Gasteiger partial charge >= 0.3 is 0 Å². The number of aldehydes is 2. The van der Waals surface area contributed by atoms with Crippen LogP contribution in [0.15, 0.2) is 42.5 Å². The van der Waals surface area contributed by atoms with Crippen LogP contribution >= 0.6 is 0 Å². The minimum absolute atomic E-state index is 0.0568. The molecule has 0 aliphatic carbocycles. The molecule has 0 saturated heterocycles. The van der Waals surface area contributed by atoms with Gasteiger partial charge in [0.1, 0.15) is 17.2 Å². The lowest BCUT2D eigenvalue weighted by Gasteiger charge is -2.14. The highest BCUT2D eigenvalue weighted by atomic mass is 16.3. The number of aromatic hydroxyl groups is 3. The molecule has 3 aromatic rings. The van der Waals surface area contributed by atoms with Gasteiger partial charge in [0.25, 0.3) is 0 Å². The van der Waals surface area contributed by atoms with E-state index in [4.69, 9.17) is 0 Å². The van der Waals surface area contributed by atoms with Crippen molar-refractivity contribution in [2.24, 2.45) is 0 Å². The summed E-state index contributed by atoms with van der Waals surface area (Å²) in [6, 6.07) is 10.5. The molecule has 0 spiro atoms. The first kappa shape index (κ1) is 14.6. The highest BCUT2D eigenvalue weighted by Crippen LogP contribution is 2.41. The van der Waals surface area contributed by atoms with Crippen molar-refractivity contribution in [1.82, 2.24) is 0 Å². The average molecular weight is 308 g/mol. The first-order valence-corrected chi connectivity index (χ1v) is 6.78. The number of carbonyl (C=O) groups excluding carboxylic acids is 2. The molecular formula is C18H12O5. The largest absolute Gasteiger partial charge is 0.508 e. The predicted molar refractivity (Wildman–Crippen MR) is 85.2 cm³/mol. The van der Waals surface area contributed by atoms with E-state index in [9.17, 15) is 24.9 Å². The van der Waals surface area contributed by atoms with Crippen molar-refractivity contribution < 1.29 is 24.9 Å². The van der Waals surface area contributed by atoms with Crippen LogP contribution in [0, 0.1) is 0 Å². The number of fused-ring (bicyclic) bond motifs is 1. The second kappa shape index (κ2) is 5.46. The number of hydrogen-bond acceptors (Lipinski definition) is 5. The first-order valence-electron chi connectivity index (χ1n) is 6.78. The Morgan fingerprint density at radius 1 is 0.696 bits per heavy atom. The van der Waals surface area contributed by atoms with E-state index in [-0.39, 0.29) is 33.8 Å². The Hall–Kier alpha value is -3.34. The average Bonchev–Trinajstić information content (AvgIpc) is 2.56. The summed E-state index contributed by atoms with van der Waals surface area (Å²) >= 11 is 0.